The predicted molar refractivity (Wildman–Crippen MR) is 246 cm³/mol. The Bertz CT molecular complexity index is 2740. The second-order valence-corrected chi connectivity index (χ2v) is 18.3. The van der Waals surface area contributed by atoms with Gasteiger partial charge in [-0.25, -0.2) is 4.57 Å². The molecule has 1 atom stereocenters. The van der Waals surface area contributed by atoms with Crippen molar-refractivity contribution in [1.29, 1.82) is 0 Å². The molecule has 0 saturated carbocycles. The van der Waals surface area contributed by atoms with Crippen LogP contribution in [0.4, 0.5) is 26.3 Å². The molecule has 0 bridgehead atoms. The molecule has 0 fully saturated rings. The lowest BCUT2D eigenvalue weighted by Gasteiger charge is -2.40. The summed E-state index contributed by atoms with van der Waals surface area (Å²) in [6, 6.07) is 18.7. The van der Waals surface area contributed by atoms with E-state index < -0.39 is 67.8 Å². The molecule has 0 aliphatic carbocycles. The van der Waals surface area contributed by atoms with Crippen molar-refractivity contribution in [1.82, 2.24) is 9.13 Å². The number of hydrogen-bond acceptors (Lipinski definition) is 5. The Kier molecular flexibility index (Phi) is 14.4. The van der Waals surface area contributed by atoms with Gasteiger partial charge in [-0.1, -0.05) is 115 Å². The van der Waals surface area contributed by atoms with Crippen LogP contribution in [0, 0.1) is 0 Å². The molecule has 65 heavy (non-hydrogen) atoms. The number of halogens is 6. The van der Waals surface area contributed by atoms with Crippen molar-refractivity contribution in [2.75, 3.05) is 6.61 Å². The van der Waals surface area contributed by atoms with Gasteiger partial charge >= 0.3 is 12.4 Å². The fourth-order valence-corrected chi connectivity index (χ4v) is 9.72. The van der Waals surface area contributed by atoms with E-state index in [1.807, 2.05) is 45.9 Å². The van der Waals surface area contributed by atoms with E-state index in [0.29, 0.717) is 55.2 Å². The highest BCUT2D eigenvalue weighted by Gasteiger charge is 2.72. The topological polar surface area (TPSA) is 87.4 Å². The van der Waals surface area contributed by atoms with Crippen molar-refractivity contribution in [3.63, 3.8) is 0 Å². The molecule has 0 aliphatic rings. The molecule has 13 heteroatoms. The Morgan fingerprint density at radius 1 is 0.554 bits per heavy atom. The number of nitrogens with zero attached hydrogens (tertiary/aromatic N) is 2. The highest BCUT2D eigenvalue weighted by molar-refractivity contribution is 5.98. The van der Waals surface area contributed by atoms with E-state index in [4.69, 9.17) is 4.74 Å². The number of ether oxygens (including phenoxy) is 1. The molecule has 0 aliphatic heterocycles. The number of alkyl halides is 6. The first-order valence-corrected chi connectivity index (χ1v) is 22.7. The van der Waals surface area contributed by atoms with E-state index in [-0.39, 0.29) is 39.5 Å². The average Bonchev–Trinajstić information content (AvgIpc) is 3.65. The Morgan fingerprint density at radius 3 is 1.65 bits per heavy atom. The number of fused-ring (bicyclic) bond motifs is 2. The van der Waals surface area contributed by atoms with Gasteiger partial charge in [0.05, 0.1) is 33.8 Å². The van der Waals surface area contributed by atoms with Gasteiger partial charge in [-0.05, 0) is 111 Å². The highest BCUT2D eigenvalue weighted by atomic mass is 19.4. The summed E-state index contributed by atoms with van der Waals surface area (Å²) in [6.07, 6.45) is -2.72. The lowest BCUT2D eigenvalue weighted by molar-refractivity contribution is -0.288. The molecule has 0 amide bonds. The van der Waals surface area contributed by atoms with Crippen LogP contribution >= 0.6 is 0 Å². The van der Waals surface area contributed by atoms with Crippen LogP contribution in [0.5, 0.6) is 5.75 Å². The first-order chi connectivity index (χ1) is 30.7. The summed E-state index contributed by atoms with van der Waals surface area (Å²) in [6.45, 7) is 11.1. The fourth-order valence-electron chi connectivity index (χ4n) is 9.72. The van der Waals surface area contributed by atoms with Gasteiger partial charge in [0.1, 0.15) is 5.75 Å². The Hall–Kier alpha value is -5.46. The molecule has 6 aromatic rings. The van der Waals surface area contributed by atoms with Crippen molar-refractivity contribution >= 4 is 21.5 Å². The largest absolute Gasteiger partial charge is 0.493 e. The van der Waals surface area contributed by atoms with E-state index in [1.165, 1.54) is 11.6 Å². The van der Waals surface area contributed by atoms with Crippen molar-refractivity contribution < 1.29 is 31.1 Å². The summed E-state index contributed by atoms with van der Waals surface area (Å²) in [5.74, 6) is 0.216. The van der Waals surface area contributed by atoms with Crippen LogP contribution in [-0.2, 0) is 22.8 Å². The monoisotopic (exact) mass is 904 g/mol. The molecule has 2 heterocycles. The molecular weight excluding hydrogens is 847 g/mol. The van der Waals surface area contributed by atoms with Crippen LogP contribution in [0.2, 0.25) is 0 Å². The smallest absolute Gasteiger partial charge is 0.411 e. The number of hydrogen-bond donors (Lipinski definition) is 0. The third-order valence-corrected chi connectivity index (χ3v) is 13.4. The summed E-state index contributed by atoms with van der Waals surface area (Å²) in [5, 5.41) is -0.860. The minimum Gasteiger partial charge on any atom is -0.493 e. The fraction of sp³-hybridized carbons (Fsp3) is 0.462. The number of rotatable bonds is 20. The summed E-state index contributed by atoms with van der Waals surface area (Å²) < 4.78 is 102. The van der Waals surface area contributed by atoms with E-state index in [0.717, 1.165) is 79.5 Å². The maximum atomic E-state index is 15.8. The van der Waals surface area contributed by atoms with Gasteiger partial charge in [-0.2, -0.15) is 26.3 Å². The quantitative estimate of drug-likeness (QED) is 0.0562. The third kappa shape index (κ3) is 9.21. The molecule has 0 spiro atoms. The molecule has 0 saturated heterocycles. The second kappa shape index (κ2) is 19.2. The van der Waals surface area contributed by atoms with Gasteiger partial charge in [-0.3, -0.25) is 23.7 Å². The molecule has 4 aromatic carbocycles. The SMILES string of the molecule is CCCC(C)(CC)c1cc(C(c2cccc(-n3c(=O)c4cc5c(=O)n(C(C)(C)CCC)c(=O)c5cc4c3=O)c2)(C(F)(F)F)C(F)(F)F)ccc1OCCCCCCCCc1ccccc1. The zero-order valence-corrected chi connectivity index (χ0v) is 38.0. The first kappa shape index (κ1) is 49.0. The van der Waals surface area contributed by atoms with E-state index in [2.05, 4.69) is 12.1 Å². The maximum absolute atomic E-state index is 15.8. The van der Waals surface area contributed by atoms with Crippen LogP contribution in [0.3, 0.4) is 0 Å². The normalized spacial score (nSPS) is 13.8. The minimum atomic E-state index is -5.97. The lowest BCUT2D eigenvalue weighted by atomic mass is 9.69. The number of benzene rings is 4. The average molecular weight is 905 g/mol. The summed E-state index contributed by atoms with van der Waals surface area (Å²) in [7, 11) is 0. The van der Waals surface area contributed by atoms with Gasteiger partial charge < -0.3 is 4.74 Å². The lowest BCUT2D eigenvalue weighted by Crippen LogP contribution is -2.55. The van der Waals surface area contributed by atoms with Crippen LogP contribution in [0.15, 0.2) is 104 Å². The van der Waals surface area contributed by atoms with Crippen molar-refractivity contribution in [3.05, 3.63) is 149 Å². The van der Waals surface area contributed by atoms with Gasteiger partial charge in [0.25, 0.3) is 22.2 Å². The second-order valence-electron chi connectivity index (χ2n) is 18.3. The Balaban J connectivity index is 1.38. The van der Waals surface area contributed by atoms with Crippen LogP contribution in [0.25, 0.3) is 27.2 Å². The van der Waals surface area contributed by atoms with Crippen molar-refractivity contribution in [3.8, 4) is 11.4 Å². The van der Waals surface area contributed by atoms with Gasteiger partial charge in [0, 0.05) is 11.1 Å². The zero-order chi connectivity index (χ0) is 47.5. The summed E-state index contributed by atoms with van der Waals surface area (Å²) >= 11 is 0. The molecule has 7 nitrogen and oxygen atoms in total. The Morgan fingerprint density at radius 2 is 1.09 bits per heavy atom. The maximum Gasteiger partial charge on any atom is 0.411 e. The highest BCUT2D eigenvalue weighted by Crippen LogP contribution is 2.57. The van der Waals surface area contributed by atoms with Crippen LogP contribution in [-0.4, -0.2) is 28.1 Å². The molecule has 1 unspecified atom stereocenters. The summed E-state index contributed by atoms with van der Waals surface area (Å²) in [5.41, 5.74) is -11.2. The summed E-state index contributed by atoms with van der Waals surface area (Å²) in [4.78, 5) is 55.0. The number of unbranched alkanes of at least 4 members (excludes halogenated alkanes) is 5. The van der Waals surface area contributed by atoms with Gasteiger partial charge in [0.2, 0.25) is 5.41 Å². The number of aromatic nitrogens is 2. The van der Waals surface area contributed by atoms with E-state index in [9.17, 15) is 19.2 Å². The molecular formula is C52H58F6N2O5. The standard InChI is InChI=1S/C52H58F6N2O5/c1-7-27-48(4,5)60-46(63)40-32-38-39(33-41(40)47(60)64)45(62)59(44(38)61)37-24-19-23-35(30-37)50(51(53,54)55,52(56,57)58)36-25-26-43(42(31-36)49(6,9-3)28-8-2)65-29-18-13-11-10-12-15-20-34-21-16-14-17-22-34/h14,16-17,19,21-26,30-33H,7-13,15,18,20,27-29H2,1-6H3. The zero-order valence-electron chi connectivity index (χ0n) is 38.0. The van der Waals surface area contributed by atoms with Crippen molar-refractivity contribution in [2.45, 2.75) is 147 Å². The molecule has 6 rings (SSSR count). The van der Waals surface area contributed by atoms with Gasteiger partial charge in [0.15, 0.2) is 0 Å². The Labute approximate surface area is 374 Å². The molecule has 0 radical (unpaired) electrons. The molecule has 348 valence electrons. The predicted octanol–water partition coefficient (Wildman–Crippen LogP) is 12.3. The van der Waals surface area contributed by atoms with Crippen LogP contribution < -0.4 is 27.0 Å². The minimum absolute atomic E-state index is 0.127. The van der Waals surface area contributed by atoms with E-state index in [1.54, 1.807) is 13.8 Å². The molecule has 2 aromatic heterocycles. The van der Waals surface area contributed by atoms with Crippen molar-refractivity contribution in [2.24, 2.45) is 0 Å². The molecule has 0 N–H and O–H groups in total. The third-order valence-electron chi connectivity index (χ3n) is 13.4. The van der Waals surface area contributed by atoms with Crippen LogP contribution in [0.1, 0.15) is 134 Å². The first-order valence-electron chi connectivity index (χ1n) is 22.7. The van der Waals surface area contributed by atoms with Gasteiger partial charge in [-0.15, -0.1) is 0 Å². The van der Waals surface area contributed by atoms with E-state index >= 15 is 26.3 Å². The number of aryl methyl sites for hydroxylation is 1.